The minimum Gasteiger partial charge on any atom is -0.497 e. The quantitative estimate of drug-likeness (QED) is 0.843. The number of esters is 1. The number of nitrogens with one attached hydrogen (secondary N) is 1. The fraction of sp³-hybridized carbons (Fsp3) is 0.333. The van der Waals surface area contributed by atoms with Crippen molar-refractivity contribution >= 4 is 22.8 Å². The molecule has 112 valence electrons. The SMILES string of the molecule is COC(=O)C(Cn1ccc2cc(OC)ccc21)NC(C)=O. The van der Waals surface area contributed by atoms with Crippen LogP contribution in [-0.2, 0) is 20.9 Å². The molecule has 21 heavy (non-hydrogen) atoms. The number of hydrogen-bond donors (Lipinski definition) is 1. The van der Waals surface area contributed by atoms with E-state index in [2.05, 4.69) is 5.32 Å². The van der Waals surface area contributed by atoms with Crippen LogP contribution in [-0.4, -0.2) is 36.7 Å². The summed E-state index contributed by atoms with van der Waals surface area (Å²) in [6.07, 6.45) is 1.86. The van der Waals surface area contributed by atoms with Gasteiger partial charge >= 0.3 is 5.97 Å². The molecule has 0 aliphatic heterocycles. The van der Waals surface area contributed by atoms with Gasteiger partial charge in [-0.3, -0.25) is 4.79 Å². The van der Waals surface area contributed by atoms with Gasteiger partial charge in [0.25, 0.3) is 0 Å². The van der Waals surface area contributed by atoms with Gasteiger partial charge in [0.15, 0.2) is 0 Å². The number of methoxy groups -OCH3 is 2. The number of benzene rings is 1. The molecule has 0 fully saturated rings. The summed E-state index contributed by atoms with van der Waals surface area (Å²) in [7, 11) is 2.91. The van der Waals surface area contributed by atoms with Gasteiger partial charge < -0.3 is 19.4 Å². The number of carbonyl (C=O) groups is 2. The first kappa shape index (κ1) is 14.9. The van der Waals surface area contributed by atoms with Crippen LogP contribution in [0.25, 0.3) is 10.9 Å². The lowest BCUT2D eigenvalue weighted by Crippen LogP contribution is -2.43. The van der Waals surface area contributed by atoms with Crippen molar-refractivity contribution in [3.63, 3.8) is 0 Å². The van der Waals surface area contributed by atoms with E-state index >= 15 is 0 Å². The Bertz CT molecular complexity index is 663. The first-order valence-electron chi connectivity index (χ1n) is 6.53. The second-order valence-corrected chi connectivity index (χ2v) is 4.67. The molecular formula is C15H18N2O4. The van der Waals surface area contributed by atoms with Crippen LogP contribution in [0.3, 0.4) is 0 Å². The highest BCUT2D eigenvalue weighted by atomic mass is 16.5. The zero-order chi connectivity index (χ0) is 15.4. The molecule has 1 atom stereocenters. The van der Waals surface area contributed by atoms with Crippen LogP contribution < -0.4 is 10.1 Å². The first-order chi connectivity index (χ1) is 10.0. The smallest absolute Gasteiger partial charge is 0.330 e. The van der Waals surface area contributed by atoms with Crippen molar-refractivity contribution in [2.75, 3.05) is 14.2 Å². The number of carbonyl (C=O) groups excluding carboxylic acids is 2. The monoisotopic (exact) mass is 290 g/mol. The van der Waals surface area contributed by atoms with Gasteiger partial charge in [-0.1, -0.05) is 0 Å². The molecule has 1 aromatic heterocycles. The molecule has 1 amide bonds. The third-order valence-electron chi connectivity index (χ3n) is 3.22. The summed E-state index contributed by atoms with van der Waals surface area (Å²) in [4.78, 5) is 22.9. The van der Waals surface area contributed by atoms with E-state index in [1.165, 1.54) is 14.0 Å². The van der Waals surface area contributed by atoms with Crippen LogP contribution in [0.4, 0.5) is 0 Å². The molecule has 0 spiro atoms. The van der Waals surface area contributed by atoms with E-state index < -0.39 is 12.0 Å². The highest BCUT2D eigenvalue weighted by molar-refractivity contribution is 5.84. The maximum absolute atomic E-state index is 11.7. The van der Waals surface area contributed by atoms with Crippen LogP contribution in [0.5, 0.6) is 5.75 Å². The van der Waals surface area contributed by atoms with Crippen molar-refractivity contribution < 1.29 is 19.1 Å². The molecule has 1 heterocycles. The highest BCUT2D eigenvalue weighted by Crippen LogP contribution is 2.22. The predicted molar refractivity (Wildman–Crippen MR) is 78.1 cm³/mol. The predicted octanol–water partition coefficient (Wildman–Crippen LogP) is 1.33. The Morgan fingerprint density at radius 3 is 2.67 bits per heavy atom. The van der Waals surface area contributed by atoms with Gasteiger partial charge in [0, 0.05) is 24.0 Å². The topological polar surface area (TPSA) is 69.6 Å². The summed E-state index contributed by atoms with van der Waals surface area (Å²) >= 11 is 0. The lowest BCUT2D eigenvalue weighted by molar-refractivity contribution is -0.145. The van der Waals surface area contributed by atoms with E-state index in [1.807, 2.05) is 35.0 Å². The summed E-state index contributed by atoms with van der Waals surface area (Å²) in [5.74, 6) is 0.0238. The van der Waals surface area contributed by atoms with Crippen LogP contribution >= 0.6 is 0 Å². The number of hydrogen-bond acceptors (Lipinski definition) is 4. The Kier molecular flexibility index (Phi) is 4.47. The molecule has 0 bridgehead atoms. The van der Waals surface area contributed by atoms with E-state index in [0.29, 0.717) is 6.54 Å². The molecular weight excluding hydrogens is 272 g/mol. The van der Waals surface area contributed by atoms with Gasteiger partial charge in [0.2, 0.25) is 5.91 Å². The molecule has 0 saturated carbocycles. The molecule has 2 rings (SSSR count). The lowest BCUT2D eigenvalue weighted by Gasteiger charge is -2.17. The maximum atomic E-state index is 11.7. The van der Waals surface area contributed by atoms with Gasteiger partial charge in [0.1, 0.15) is 11.8 Å². The Balaban J connectivity index is 2.28. The third-order valence-corrected chi connectivity index (χ3v) is 3.22. The van der Waals surface area contributed by atoms with Crippen molar-refractivity contribution in [2.24, 2.45) is 0 Å². The number of aromatic nitrogens is 1. The summed E-state index contributed by atoms with van der Waals surface area (Å²) < 4.78 is 11.8. The molecule has 2 aromatic rings. The molecule has 6 heteroatoms. The average Bonchev–Trinajstić information content (AvgIpc) is 2.87. The highest BCUT2D eigenvalue weighted by Gasteiger charge is 2.21. The standard InChI is InChI=1S/C15H18N2O4/c1-10(18)16-13(15(19)21-3)9-17-7-6-11-8-12(20-2)4-5-14(11)17/h4-8,13H,9H2,1-3H3,(H,16,18). The van der Waals surface area contributed by atoms with Gasteiger partial charge in [-0.15, -0.1) is 0 Å². The molecule has 0 aliphatic rings. The van der Waals surface area contributed by atoms with Crippen molar-refractivity contribution in [1.82, 2.24) is 9.88 Å². The summed E-state index contributed by atoms with van der Waals surface area (Å²) in [6, 6.07) is 6.89. The van der Waals surface area contributed by atoms with Crippen LogP contribution in [0.15, 0.2) is 30.5 Å². The zero-order valence-corrected chi connectivity index (χ0v) is 12.3. The fourth-order valence-electron chi connectivity index (χ4n) is 2.23. The lowest BCUT2D eigenvalue weighted by atomic mass is 10.2. The molecule has 0 aliphatic carbocycles. The maximum Gasteiger partial charge on any atom is 0.330 e. The molecule has 0 radical (unpaired) electrons. The molecule has 1 aromatic carbocycles. The second kappa shape index (κ2) is 6.30. The van der Waals surface area contributed by atoms with Gasteiger partial charge in [-0.25, -0.2) is 4.79 Å². The fourth-order valence-corrected chi connectivity index (χ4v) is 2.23. The van der Waals surface area contributed by atoms with Crippen LogP contribution in [0.1, 0.15) is 6.92 Å². The molecule has 1 N–H and O–H groups in total. The minimum absolute atomic E-state index is 0.275. The summed E-state index contributed by atoms with van der Waals surface area (Å²) in [6.45, 7) is 1.68. The first-order valence-corrected chi connectivity index (χ1v) is 6.53. The van der Waals surface area contributed by atoms with Gasteiger partial charge in [0.05, 0.1) is 20.8 Å². The number of nitrogens with zero attached hydrogens (tertiary/aromatic N) is 1. The normalized spacial score (nSPS) is 12.0. The minimum atomic E-state index is -0.717. The number of amides is 1. The molecule has 6 nitrogen and oxygen atoms in total. The Morgan fingerprint density at radius 1 is 1.29 bits per heavy atom. The third kappa shape index (κ3) is 3.34. The largest absolute Gasteiger partial charge is 0.497 e. The van der Waals surface area contributed by atoms with Crippen LogP contribution in [0.2, 0.25) is 0 Å². The second-order valence-electron chi connectivity index (χ2n) is 4.67. The average molecular weight is 290 g/mol. The molecule has 0 saturated heterocycles. The summed E-state index contributed by atoms with van der Waals surface area (Å²) in [5, 5.41) is 3.60. The van der Waals surface area contributed by atoms with E-state index in [9.17, 15) is 9.59 Å². The number of ether oxygens (including phenoxy) is 2. The van der Waals surface area contributed by atoms with Crippen molar-refractivity contribution in [2.45, 2.75) is 19.5 Å². The van der Waals surface area contributed by atoms with Crippen molar-refractivity contribution in [3.05, 3.63) is 30.5 Å². The van der Waals surface area contributed by atoms with Crippen molar-refractivity contribution in [1.29, 1.82) is 0 Å². The summed E-state index contributed by atoms with van der Waals surface area (Å²) in [5.41, 5.74) is 0.954. The number of fused-ring (bicyclic) bond motifs is 1. The van der Waals surface area contributed by atoms with E-state index in [1.54, 1.807) is 7.11 Å². The number of rotatable bonds is 5. The Labute approximate surface area is 122 Å². The van der Waals surface area contributed by atoms with Gasteiger partial charge in [-0.2, -0.15) is 0 Å². The van der Waals surface area contributed by atoms with Crippen molar-refractivity contribution in [3.8, 4) is 5.75 Å². The Morgan fingerprint density at radius 2 is 2.05 bits per heavy atom. The van der Waals surface area contributed by atoms with Crippen LogP contribution in [0, 0.1) is 0 Å². The van der Waals surface area contributed by atoms with Gasteiger partial charge in [-0.05, 0) is 24.3 Å². The molecule has 1 unspecified atom stereocenters. The van der Waals surface area contributed by atoms with E-state index in [0.717, 1.165) is 16.7 Å². The van der Waals surface area contributed by atoms with E-state index in [4.69, 9.17) is 9.47 Å². The van der Waals surface area contributed by atoms with E-state index in [-0.39, 0.29) is 5.91 Å². The zero-order valence-electron chi connectivity index (χ0n) is 12.3. The Hall–Kier alpha value is -2.50.